The maximum atomic E-state index is 5.89. The minimum atomic E-state index is -0.0407. The number of rotatable bonds is 10. The van der Waals surface area contributed by atoms with Gasteiger partial charge < -0.3 is 9.31 Å². The molecule has 0 bridgehead atoms. The van der Waals surface area contributed by atoms with Crippen molar-refractivity contribution in [1.29, 1.82) is 0 Å². The van der Waals surface area contributed by atoms with E-state index in [1.807, 2.05) is 0 Å². The van der Waals surface area contributed by atoms with Crippen LogP contribution >= 0.6 is 0 Å². The number of hydrogen-bond donors (Lipinski definition) is 0. The van der Waals surface area contributed by atoms with Crippen LogP contribution in [-0.4, -0.2) is 18.9 Å². The molecule has 0 saturated carbocycles. The van der Waals surface area contributed by atoms with Gasteiger partial charge in [0.2, 0.25) is 0 Å². The van der Waals surface area contributed by atoms with Gasteiger partial charge in [0.15, 0.2) is 0 Å². The van der Waals surface area contributed by atoms with Crippen molar-refractivity contribution in [1.82, 2.24) is 0 Å². The molecule has 2 nitrogen and oxygen atoms in total. The van der Waals surface area contributed by atoms with E-state index in [1.54, 1.807) is 7.69 Å². The first-order chi connectivity index (χ1) is 8.07. The summed E-state index contributed by atoms with van der Waals surface area (Å²) in [6, 6.07) is 0. The Hall–Kier alpha value is -0.0151. The van der Waals surface area contributed by atoms with Crippen LogP contribution in [0.25, 0.3) is 0 Å². The maximum absolute atomic E-state index is 5.89. The molecule has 0 aliphatic carbocycles. The zero-order chi connectivity index (χ0) is 13.4. The molecule has 0 unspecified atom stereocenters. The second-order valence-corrected chi connectivity index (χ2v) is 4.82. The molecule has 101 valence electrons. The largest absolute Gasteiger partial charge is 0.488 e. The Bertz CT molecular complexity index is 150. The van der Waals surface area contributed by atoms with Gasteiger partial charge in [0.1, 0.15) is 0 Å². The normalized spacial score (nSPS) is 12.8. The smallest absolute Gasteiger partial charge is 0.408 e. The molecule has 0 aliphatic heterocycles. The van der Waals surface area contributed by atoms with E-state index in [9.17, 15) is 0 Å². The summed E-state index contributed by atoms with van der Waals surface area (Å²) in [6.07, 6.45) is 6.15. The van der Waals surface area contributed by atoms with Gasteiger partial charge in [-0.05, 0) is 38.5 Å². The molecule has 0 saturated heterocycles. The molecule has 1 radical (unpaired) electrons. The van der Waals surface area contributed by atoms with Crippen LogP contribution in [0.1, 0.15) is 80.1 Å². The van der Waals surface area contributed by atoms with Crippen molar-refractivity contribution in [3.63, 3.8) is 0 Å². The third-order valence-electron chi connectivity index (χ3n) is 4.46. The van der Waals surface area contributed by atoms with Gasteiger partial charge in [-0.15, -0.1) is 0 Å². The van der Waals surface area contributed by atoms with E-state index in [0.717, 1.165) is 38.5 Å². The maximum Gasteiger partial charge on any atom is 0.488 e. The van der Waals surface area contributed by atoms with Gasteiger partial charge in [0.05, 0.1) is 11.2 Å². The van der Waals surface area contributed by atoms with E-state index in [4.69, 9.17) is 9.31 Å². The molecule has 0 aromatic rings. The Balaban J connectivity index is 4.28. The highest BCUT2D eigenvalue weighted by atomic mass is 16.6. The predicted octanol–water partition coefficient (Wildman–Crippen LogP) is 4.49. The minimum absolute atomic E-state index is 0.0407. The van der Waals surface area contributed by atoms with Gasteiger partial charge in [0, 0.05) is 0 Å². The quantitative estimate of drug-likeness (QED) is 0.524. The summed E-state index contributed by atoms with van der Waals surface area (Å²) in [5.41, 5.74) is -0.0814. The van der Waals surface area contributed by atoms with E-state index in [2.05, 4.69) is 41.5 Å². The van der Waals surface area contributed by atoms with Crippen LogP contribution in [0.15, 0.2) is 0 Å². The summed E-state index contributed by atoms with van der Waals surface area (Å²) in [6.45, 7) is 13.0. The molecule has 0 spiro atoms. The highest BCUT2D eigenvalue weighted by Gasteiger charge is 2.29. The average molecular weight is 241 g/mol. The lowest BCUT2D eigenvalue weighted by molar-refractivity contribution is -0.0124. The van der Waals surface area contributed by atoms with Gasteiger partial charge in [-0.2, -0.15) is 0 Å². The fourth-order valence-electron chi connectivity index (χ4n) is 2.23. The van der Waals surface area contributed by atoms with Crippen molar-refractivity contribution in [3.8, 4) is 0 Å². The van der Waals surface area contributed by atoms with Gasteiger partial charge in [0.25, 0.3) is 0 Å². The Kier molecular flexibility index (Phi) is 8.14. The summed E-state index contributed by atoms with van der Waals surface area (Å²) in [4.78, 5) is 0. The highest BCUT2D eigenvalue weighted by Crippen LogP contribution is 2.27. The standard InChI is InChI=1S/C14H30BO2/c1-7-13(8-2,9-3)16-15-17-14(10-4,11-5)12-6/h7-12H2,1-6H3. The SMILES string of the molecule is CCC(CC)(CC)O[B]OC(CC)(CC)CC. The molecule has 0 amide bonds. The molecule has 0 atom stereocenters. The van der Waals surface area contributed by atoms with E-state index in [-0.39, 0.29) is 11.2 Å². The first-order valence-corrected chi connectivity index (χ1v) is 7.24. The average Bonchev–Trinajstić information content (AvgIpc) is 2.41. The summed E-state index contributed by atoms with van der Waals surface area (Å²) >= 11 is 0. The lowest BCUT2D eigenvalue weighted by Gasteiger charge is -2.35. The number of hydrogen-bond acceptors (Lipinski definition) is 2. The molecule has 0 aromatic heterocycles. The molecule has 0 rings (SSSR count). The fourth-order valence-corrected chi connectivity index (χ4v) is 2.23. The molecule has 0 fully saturated rings. The topological polar surface area (TPSA) is 18.5 Å². The first kappa shape index (κ1) is 17.0. The van der Waals surface area contributed by atoms with E-state index >= 15 is 0 Å². The summed E-state index contributed by atoms with van der Waals surface area (Å²) in [5, 5.41) is 0. The Morgan fingerprint density at radius 1 is 0.588 bits per heavy atom. The molecular weight excluding hydrogens is 211 g/mol. The van der Waals surface area contributed by atoms with Gasteiger partial charge >= 0.3 is 7.69 Å². The molecule has 3 heteroatoms. The van der Waals surface area contributed by atoms with Crippen LogP contribution in [-0.2, 0) is 9.31 Å². The third kappa shape index (κ3) is 4.63. The molecule has 0 aliphatic rings. The van der Waals surface area contributed by atoms with Crippen molar-refractivity contribution in [2.24, 2.45) is 0 Å². The van der Waals surface area contributed by atoms with Crippen LogP contribution in [0.4, 0.5) is 0 Å². The zero-order valence-electron chi connectivity index (χ0n) is 12.6. The first-order valence-electron chi connectivity index (χ1n) is 7.24. The van der Waals surface area contributed by atoms with Crippen molar-refractivity contribution in [2.75, 3.05) is 0 Å². The molecule has 17 heavy (non-hydrogen) atoms. The van der Waals surface area contributed by atoms with Crippen molar-refractivity contribution < 1.29 is 9.31 Å². The second-order valence-electron chi connectivity index (χ2n) is 4.82. The molecule has 0 N–H and O–H groups in total. The summed E-state index contributed by atoms with van der Waals surface area (Å²) < 4.78 is 11.8. The van der Waals surface area contributed by atoms with Gasteiger partial charge in [-0.25, -0.2) is 0 Å². The second kappa shape index (κ2) is 8.15. The minimum Gasteiger partial charge on any atom is -0.408 e. The lowest BCUT2D eigenvalue weighted by Crippen LogP contribution is -2.38. The van der Waals surface area contributed by atoms with Crippen molar-refractivity contribution >= 4 is 7.69 Å². The van der Waals surface area contributed by atoms with Gasteiger partial charge in [-0.3, -0.25) is 0 Å². The third-order valence-corrected chi connectivity index (χ3v) is 4.46. The Morgan fingerprint density at radius 2 is 0.824 bits per heavy atom. The lowest BCUT2D eigenvalue weighted by atomic mass is 9.91. The molecular formula is C14H30BO2. The predicted molar refractivity (Wildman–Crippen MR) is 75.1 cm³/mol. The fraction of sp³-hybridized carbons (Fsp3) is 1.00. The summed E-state index contributed by atoms with van der Waals surface area (Å²) in [5.74, 6) is 0. The zero-order valence-corrected chi connectivity index (χ0v) is 12.6. The van der Waals surface area contributed by atoms with Gasteiger partial charge in [-0.1, -0.05) is 41.5 Å². The van der Waals surface area contributed by atoms with E-state index < -0.39 is 0 Å². The van der Waals surface area contributed by atoms with E-state index in [1.165, 1.54) is 0 Å². The molecule has 0 aromatic carbocycles. The van der Waals surface area contributed by atoms with Crippen LogP contribution < -0.4 is 0 Å². The summed E-state index contributed by atoms with van der Waals surface area (Å²) in [7, 11) is 1.60. The van der Waals surface area contributed by atoms with Crippen LogP contribution in [0.3, 0.4) is 0 Å². The highest BCUT2D eigenvalue weighted by molar-refractivity contribution is 6.18. The Morgan fingerprint density at radius 3 is 1.00 bits per heavy atom. The van der Waals surface area contributed by atoms with Crippen molar-refractivity contribution in [2.45, 2.75) is 91.3 Å². The molecule has 0 heterocycles. The van der Waals surface area contributed by atoms with Crippen LogP contribution in [0, 0.1) is 0 Å². The van der Waals surface area contributed by atoms with Crippen LogP contribution in [0.2, 0.25) is 0 Å². The van der Waals surface area contributed by atoms with Crippen LogP contribution in [0.5, 0.6) is 0 Å². The Labute approximate surface area is 109 Å². The van der Waals surface area contributed by atoms with Crippen molar-refractivity contribution in [3.05, 3.63) is 0 Å². The van der Waals surface area contributed by atoms with E-state index in [0.29, 0.717) is 0 Å². The monoisotopic (exact) mass is 241 g/mol.